The second kappa shape index (κ2) is 11.5. The summed E-state index contributed by atoms with van der Waals surface area (Å²) in [5.41, 5.74) is 9.81. The van der Waals surface area contributed by atoms with Gasteiger partial charge in [0.2, 0.25) is 0 Å². The van der Waals surface area contributed by atoms with E-state index in [1.807, 2.05) is 0 Å². The number of rotatable bonds is 7. The van der Waals surface area contributed by atoms with E-state index in [0.717, 1.165) is 0 Å². The molecule has 0 radical (unpaired) electrons. The van der Waals surface area contributed by atoms with Crippen LogP contribution in [0.15, 0.2) is 133 Å². The van der Waals surface area contributed by atoms with Crippen LogP contribution in [-0.4, -0.2) is 25.3 Å². The molecule has 2 aromatic heterocycles. The molecule has 0 N–H and O–H groups in total. The average Bonchev–Trinajstić information content (AvgIpc) is 3.64. The largest absolute Gasteiger partial charge is 0.309 e. The van der Waals surface area contributed by atoms with Crippen molar-refractivity contribution >= 4 is 70.1 Å². The zero-order valence-corrected chi connectivity index (χ0v) is 31.0. The van der Waals surface area contributed by atoms with Crippen molar-refractivity contribution < 1.29 is 0 Å². The highest BCUT2D eigenvalue weighted by Crippen LogP contribution is 2.38. The monoisotopic (exact) mass is 656 g/mol. The zero-order valence-electron chi connectivity index (χ0n) is 29.0. The van der Waals surface area contributed by atoms with Crippen molar-refractivity contribution in [2.24, 2.45) is 0 Å². The minimum absolute atomic E-state index is 1.18. The highest BCUT2D eigenvalue weighted by molar-refractivity contribution is 6.90. The molecule has 6 aromatic carbocycles. The first-order chi connectivity index (χ1) is 23.2. The summed E-state index contributed by atoms with van der Waals surface area (Å²) in [4.78, 5) is 0. The van der Waals surface area contributed by atoms with Gasteiger partial charge in [-0.2, -0.15) is 0 Å². The third-order valence-corrected chi connectivity index (χ3v) is 18.5. The maximum atomic E-state index is 2.50. The molecule has 0 aliphatic heterocycles. The van der Waals surface area contributed by atoms with Crippen LogP contribution in [0.4, 0.5) is 0 Å². The molecule has 0 atom stereocenters. The number of nitrogens with zero attached hydrogens (tertiary/aromatic N) is 2. The smallest absolute Gasteiger partial charge is 0.0803 e. The molecule has 2 heterocycles. The molecule has 0 amide bonds. The fourth-order valence-corrected chi connectivity index (χ4v) is 10.4. The molecule has 0 fully saturated rings. The Morgan fingerprint density at radius 1 is 0.396 bits per heavy atom. The Morgan fingerprint density at radius 2 is 0.812 bits per heavy atom. The fraction of sp³-hybridized carbons (Fsp3) is 0.182. The molecule has 238 valence electrons. The summed E-state index contributed by atoms with van der Waals surface area (Å²) in [7, 11) is -3.01. The maximum Gasteiger partial charge on any atom is 0.0803 e. The normalized spacial score (nSPS) is 12.5. The van der Waals surface area contributed by atoms with E-state index in [2.05, 4.69) is 183 Å². The van der Waals surface area contributed by atoms with E-state index in [-0.39, 0.29) is 0 Å². The molecule has 0 unspecified atom stereocenters. The Bertz CT molecular complexity index is 2330. The lowest BCUT2D eigenvalue weighted by Crippen LogP contribution is -2.40. The molecule has 0 aliphatic carbocycles. The van der Waals surface area contributed by atoms with Crippen molar-refractivity contribution in [3.8, 4) is 22.5 Å². The zero-order chi connectivity index (χ0) is 33.2. The highest BCUT2D eigenvalue weighted by atomic mass is 28.3. The van der Waals surface area contributed by atoms with E-state index in [0.29, 0.717) is 0 Å². The van der Waals surface area contributed by atoms with E-state index in [9.17, 15) is 0 Å². The predicted molar refractivity (Wildman–Crippen MR) is 216 cm³/mol. The van der Waals surface area contributed by atoms with E-state index < -0.39 is 16.1 Å². The van der Waals surface area contributed by atoms with E-state index in [4.69, 9.17) is 0 Å². The maximum absolute atomic E-state index is 2.50. The van der Waals surface area contributed by atoms with Gasteiger partial charge in [0.05, 0.1) is 38.2 Å². The molecule has 0 aliphatic rings. The lowest BCUT2D eigenvalue weighted by Gasteiger charge is -2.21. The fourth-order valence-electron chi connectivity index (χ4n) is 7.40. The molecule has 0 spiro atoms. The van der Waals surface area contributed by atoms with E-state index >= 15 is 0 Å². The second-order valence-electron chi connectivity index (χ2n) is 14.7. The number of aromatic nitrogens is 2. The van der Waals surface area contributed by atoms with Crippen LogP contribution in [0.5, 0.6) is 0 Å². The van der Waals surface area contributed by atoms with Crippen LogP contribution in [0, 0.1) is 0 Å². The standard InChI is InChI=1S/C44H44N2Si2/c1-7-47(3,4)35-22-24-43-39(29-35)37-18-12-14-20-41(37)45(43)33-26-32(31-16-10-9-11-17-31)27-34(28-33)46-42-21-15-13-19-38(42)40-30-36(23-25-44(40)46)48(5,6)8-2/h9-30H,7-8H2,1-6H3. The van der Waals surface area contributed by atoms with Gasteiger partial charge in [-0.05, 0) is 53.6 Å². The van der Waals surface area contributed by atoms with Gasteiger partial charge in [-0.3, -0.25) is 0 Å². The number of para-hydroxylation sites is 2. The lowest BCUT2D eigenvalue weighted by atomic mass is 10.0. The lowest BCUT2D eigenvalue weighted by molar-refractivity contribution is 1.13. The average molecular weight is 657 g/mol. The predicted octanol–water partition coefficient (Wildman–Crippen LogP) is 11.4. The Hall–Kier alpha value is -4.65. The first-order valence-corrected chi connectivity index (χ1v) is 23.9. The summed E-state index contributed by atoms with van der Waals surface area (Å²) >= 11 is 0. The minimum Gasteiger partial charge on any atom is -0.309 e. The van der Waals surface area contributed by atoms with Crippen molar-refractivity contribution in [2.75, 3.05) is 0 Å². The van der Waals surface area contributed by atoms with Crippen molar-refractivity contribution in [3.63, 3.8) is 0 Å². The third-order valence-electron chi connectivity index (χ3n) is 11.2. The van der Waals surface area contributed by atoms with Gasteiger partial charge >= 0.3 is 0 Å². The van der Waals surface area contributed by atoms with Crippen LogP contribution in [0.3, 0.4) is 0 Å². The first-order valence-electron chi connectivity index (χ1n) is 17.5. The third kappa shape index (κ3) is 4.89. The van der Waals surface area contributed by atoms with Crippen molar-refractivity contribution in [1.82, 2.24) is 9.13 Å². The summed E-state index contributed by atoms with van der Waals surface area (Å²) in [6.45, 7) is 14.6. The van der Waals surface area contributed by atoms with Crippen LogP contribution >= 0.6 is 0 Å². The van der Waals surface area contributed by atoms with Gasteiger partial charge in [0, 0.05) is 32.9 Å². The molecular formula is C44H44N2Si2. The summed E-state index contributed by atoms with van der Waals surface area (Å²) in [6.07, 6.45) is 0. The summed E-state index contributed by atoms with van der Waals surface area (Å²) in [5, 5.41) is 8.37. The summed E-state index contributed by atoms with van der Waals surface area (Å²) in [5.74, 6) is 0. The van der Waals surface area contributed by atoms with Gasteiger partial charge in [0.1, 0.15) is 0 Å². The van der Waals surface area contributed by atoms with Crippen LogP contribution in [0.1, 0.15) is 13.8 Å². The number of hydrogen-bond acceptors (Lipinski definition) is 0. The van der Waals surface area contributed by atoms with Crippen molar-refractivity contribution in [3.05, 3.63) is 133 Å². The van der Waals surface area contributed by atoms with Crippen molar-refractivity contribution in [1.29, 1.82) is 0 Å². The van der Waals surface area contributed by atoms with Crippen molar-refractivity contribution in [2.45, 2.75) is 52.1 Å². The Kier molecular flexibility index (Phi) is 7.35. The topological polar surface area (TPSA) is 9.86 Å². The van der Waals surface area contributed by atoms with Crippen LogP contribution in [0.2, 0.25) is 38.3 Å². The van der Waals surface area contributed by atoms with Crippen LogP contribution < -0.4 is 10.4 Å². The number of hydrogen-bond donors (Lipinski definition) is 0. The van der Waals surface area contributed by atoms with E-state index in [1.54, 1.807) is 0 Å². The van der Waals surface area contributed by atoms with Gasteiger partial charge in [0.15, 0.2) is 0 Å². The van der Waals surface area contributed by atoms with E-state index in [1.165, 1.54) is 88.6 Å². The molecule has 2 nitrogen and oxygen atoms in total. The molecule has 48 heavy (non-hydrogen) atoms. The highest BCUT2D eigenvalue weighted by Gasteiger charge is 2.25. The molecule has 0 bridgehead atoms. The number of fused-ring (bicyclic) bond motifs is 6. The summed E-state index contributed by atoms with van der Waals surface area (Å²) in [6, 6.07) is 52.9. The van der Waals surface area contributed by atoms with Gasteiger partial charge in [-0.1, -0.05) is 153 Å². The summed E-state index contributed by atoms with van der Waals surface area (Å²) < 4.78 is 4.98. The van der Waals surface area contributed by atoms with Gasteiger partial charge in [0.25, 0.3) is 0 Å². The Balaban J connectivity index is 1.45. The molecule has 0 saturated carbocycles. The molecule has 4 heteroatoms. The molecular weight excluding hydrogens is 613 g/mol. The molecule has 8 aromatic rings. The van der Waals surface area contributed by atoms with Gasteiger partial charge < -0.3 is 9.13 Å². The number of benzene rings is 6. The Labute approximate surface area is 286 Å². The molecule has 8 rings (SSSR count). The van der Waals surface area contributed by atoms with Crippen LogP contribution in [0.25, 0.3) is 66.1 Å². The van der Waals surface area contributed by atoms with Gasteiger partial charge in [-0.25, -0.2) is 0 Å². The van der Waals surface area contributed by atoms with Crippen LogP contribution in [-0.2, 0) is 0 Å². The SMILES string of the molecule is CC[Si](C)(C)c1ccc2c(c1)c1ccccc1n2-c1cc(-c2ccccc2)cc(-n2c3ccccc3c3cc([Si](C)(C)CC)ccc32)c1. The molecule has 0 saturated heterocycles. The quantitative estimate of drug-likeness (QED) is 0.151. The second-order valence-corrected chi connectivity index (χ2v) is 24.9. The minimum atomic E-state index is -1.51. The first kappa shape index (κ1) is 30.7. The Morgan fingerprint density at radius 3 is 1.27 bits per heavy atom. The van der Waals surface area contributed by atoms with Gasteiger partial charge in [-0.15, -0.1) is 0 Å².